The Labute approximate surface area is 245 Å². The van der Waals surface area contributed by atoms with Crippen LogP contribution in [0.1, 0.15) is 87.7 Å². The Hall–Kier alpha value is -3.75. The molecular weight excluding hydrogens is 534 g/mol. The van der Waals surface area contributed by atoms with Crippen LogP contribution in [-0.2, 0) is 28.9 Å². The van der Waals surface area contributed by atoms with Gasteiger partial charge < -0.3 is 24.8 Å². The number of ether oxygens (including phenoxy) is 2. The number of aliphatic hydroxyl groups excluding tert-OH is 1. The maximum Gasteiger partial charge on any atom is 0.408 e. The molecule has 2 fully saturated rings. The van der Waals surface area contributed by atoms with Gasteiger partial charge in [-0.3, -0.25) is 0 Å². The van der Waals surface area contributed by atoms with E-state index >= 15 is 0 Å². The topological polar surface area (TPSA) is 138 Å². The van der Waals surface area contributed by atoms with Crippen molar-refractivity contribution in [1.82, 2.24) is 25.1 Å². The molecule has 0 saturated carbocycles. The third-order valence-electron chi connectivity index (χ3n) is 8.71. The molecule has 2 aromatic heterocycles. The van der Waals surface area contributed by atoms with Gasteiger partial charge in [0.25, 0.3) is 0 Å². The maximum atomic E-state index is 12.9. The van der Waals surface area contributed by atoms with Gasteiger partial charge >= 0.3 is 6.09 Å². The third kappa shape index (κ3) is 5.29. The number of nitrogens with zero attached hydrogens (tertiary/aromatic N) is 6. The van der Waals surface area contributed by atoms with Gasteiger partial charge in [0, 0.05) is 25.1 Å². The van der Waals surface area contributed by atoms with Gasteiger partial charge in [-0.2, -0.15) is 10.4 Å². The van der Waals surface area contributed by atoms with Crippen molar-refractivity contribution < 1.29 is 19.4 Å². The van der Waals surface area contributed by atoms with E-state index < -0.39 is 11.7 Å². The first-order valence-corrected chi connectivity index (χ1v) is 14.9. The van der Waals surface area contributed by atoms with Crippen LogP contribution in [0.25, 0.3) is 11.2 Å². The lowest BCUT2D eigenvalue weighted by Crippen LogP contribution is -2.48. The van der Waals surface area contributed by atoms with Gasteiger partial charge in [-0.1, -0.05) is 24.3 Å². The van der Waals surface area contributed by atoms with E-state index in [1.54, 1.807) is 4.68 Å². The number of alkyl carbamates (subject to hydrolysis) is 1. The van der Waals surface area contributed by atoms with Crippen LogP contribution in [0.4, 0.5) is 10.6 Å². The highest BCUT2D eigenvalue weighted by atomic mass is 16.6. The van der Waals surface area contributed by atoms with Crippen molar-refractivity contribution >= 4 is 23.1 Å². The highest BCUT2D eigenvalue weighted by molar-refractivity contribution is 5.77. The molecule has 1 aromatic carbocycles. The van der Waals surface area contributed by atoms with E-state index in [1.807, 2.05) is 26.8 Å². The molecule has 11 nitrogen and oxygen atoms in total. The molecule has 0 bridgehead atoms. The standard InChI is InChI=1S/C31H39N7O4/c1-30(2,3)42-29(40)34-26-21-9-5-4-8-20(21)18-31(26)12-15-37(16-13-31)27-23(19-39)33-25-22(11-14-32)36-38(28(25)35-27)24-10-6-7-17-41-24/h4-5,8-9,24,26,39H,6-7,10-13,15-19H2,1-3H3,(H,34,40)/t24-,26+/m0/s1. The van der Waals surface area contributed by atoms with E-state index in [0.29, 0.717) is 48.1 Å². The summed E-state index contributed by atoms with van der Waals surface area (Å²) >= 11 is 0. The molecule has 3 aliphatic rings. The number of anilines is 1. The zero-order valence-electron chi connectivity index (χ0n) is 24.6. The zero-order valence-corrected chi connectivity index (χ0v) is 24.6. The molecule has 1 spiro atoms. The van der Waals surface area contributed by atoms with Gasteiger partial charge in [0.15, 0.2) is 17.7 Å². The van der Waals surface area contributed by atoms with Crippen LogP contribution in [0.2, 0.25) is 0 Å². The molecule has 2 saturated heterocycles. The number of nitriles is 1. The van der Waals surface area contributed by atoms with Crippen molar-refractivity contribution in [2.45, 2.75) is 90.2 Å². The van der Waals surface area contributed by atoms with Gasteiger partial charge in [0.05, 0.1) is 25.1 Å². The van der Waals surface area contributed by atoms with E-state index in [2.05, 4.69) is 34.5 Å². The van der Waals surface area contributed by atoms with Crippen LogP contribution in [0.15, 0.2) is 24.3 Å². The highest BCUT2D eigenvalue weighted by Gasteiger charge is 2.49. The zero-order chi connectivity index (χ0) is 29.5. The fourth-order valence-electron chi connectivity index (χ4n) is 6.78. The first kappa shape index (κ1) is 28.4. The van der Waals surface area contributed by atoms with Gasteiger partial charge in [-0.05, 0) is 70.4 Å². The monoisotopic (exact) mass is 573 g/mol. The summed E-state index contributed by atoms with van der Waals surface area (Å²) in [5, 5.41) is 27.7. The molecule has 2 aliphatic heterocycles. The predicted octanol–water partition coefficient (Wildman–Crippen LogP) is 4.49. The quantitative estimate of drug-likeness (QED) is 0.452. The number of amides is 1. The Bertz CT molecular complexity index is 1510. The summed E-state index contributed by atoms with van der Waals surface area (Å²) in [6.07, 6.45) is 4.81. The Kier molecular flexibility index (Phi) is 7.53. The molecule has 6 rings (SSSR count). The summed E-state index contributed by atoms with van der Waals surface area (Å²) in [5.41, 5.74) is 3.80. The molecule has 42 heavy (non-hydrogen) atoms. The molecule has 0 unspecified atom stereocenters. The van der Waals surface area contributed by atoms with E-state index in [0.717, 1.165) is 44.1 Å². The number of hydrogen-bond donors (Lipinski definition) is 2. The smallest absolute Gasteiger partial charge is 0.408 e. The van der Waals surface area contributed by atoms with E-state index in [-0.39, 0.29) is 30.7 Å². The summed E-state index contributed by atoms with van der Waals surface area (Å²) in [6.45, 7) is 7.37. The second-order valence-corrected chi connectivity index (χ2v) is 12.7. The Morgan fingerprint density at radius 1 is 1.21 bits per heavy atom. The fourth-order valence-corrected chi connectivity index (χ4v) is 6.78. The van der Waals surface area contributed by atoms with E-state index in [4.69, 9.17) is 24.5 Å². The average Bonchev–Trinajstić information content (AvgIpc) is 3.47. The SMILES string of the molecule is CC(C)(C)OC(=O)N[C@@H]1c2ccccc2CC12CCN(c1nc3c(nc1CO)c(CC#N)nn3[C@@H]1CCCCO1)CC2. The highest BCUT2D eigenvalue weighted by Crippen LogP contribution is 2.52. The number of nitrogens with one attached hydrogen (secondary N) is 1. The molecule has 1 aliphatic carbocycles. The number of aromatic nitrogens is 4. The van der Waals surface area contributed by atoms with Crippen molar-refractivity contribution in [2.75, 3.05) is 24.6 Å². The third-order valence-corrected chi connectivity index (χ3v) is 8.71. The van der Waals surface area contributed by atoms with Gasteiger partial charge in [-0.15, -0.1) is 0 Å². The van der Waals surface area contributed by atoms with Crippen molar-refractivity contribution in [3.63, 3.8) is 0 Å². The normalized spacial score (nSPS) is 21.7. The number of fused-ring (bicyclic) bond motifs is 2. The molecule has 2 N–H and O–H groups in total. The van der Waals surface area contributed by atoms with Crippen molar-refractivity contribution in [3.05, 3.63) is 46.8 Å². The van der Waals surface area contributed by atoms with Crippen molar-refractivity contribution in [2.24, 2.45) is 5.41 Å². The lowest BCUT2D eigenvalue weighted by Gasteiger charge is -2.44. The molecule has 3 aromatic rings. The summed E-state index contributed by atoms with van der Waals surface area (Å²) in [6, 6.07) is 10.3. The summed E-state index contributed by atoms with van der Waals surface area (Å²) < 4.78 is 13.4. The molecular formula is C31H39N7O4. The van der Waals surface area contributed by atoms with Crippen molar-refractivity contribution in [1.29, 1.82) is 5.26 Å². The van der Waals surface area contributed by atoms with Gasteiger partial charge in [0.1, 0.15) is 22.5 Å². The fraction of sp³-hybridized carbons (Fsp3) is 0.581. The minimum Gasteiger partial charge on any atom is -0.444 e. The molecule has 11 heteroatoms. The predicted molar refractivity (Wildman–Crippen MR) is 156 cm³/mol. The van der Waals surface area contributed by atoms with E-state index in [1.165, 1.54) is 5.56 Å². The van der Waals surface area contributed by atoms with Crippen LogP contribution in [0, 0.1) is 16.7 Å². The van der Waals surface area contributed by atoms with Gasteiger partial charge in [0.2, 0.25) is 0 Å². The lowest BCUT2D eigenvalue weighted by atomic mass is 9.72. The van der Waals surface area contributed by atoms with Crippen molar-refractivity contribution in [3.8, 4) is 6.07 Å². The molecule has 222 valence electrons. The summed E-state index contributed by atoms with van der Waals surface area (Å²) in [5.74, 6) is 0.632. The second-order valence-electron chi connectivity index (χ2n) is 12.7. The van der Waals surface area contributed by atoms with Crippen LogP contribution >= 0.6 is 0 Å². The minimum absolute atomic E-state index is 0.105. The van der Waals surface area contributed by atoms with Crippen LogP contribution in [-0.4, -0.2) is 56.2 Å². The maximum absolute atomic E-state index is 12.9. The number of piperidine rings is 1. The molecule has 4 heterocycles. The number of rotatable bonds is 5. The van der Waals surface area contributed by atoms with Crippen LogP contribution in [0.3, 0.4) is 0 Å². The average molecular weight is 574 g/mol. The Morgan fingerprint density at radius 2 is 2.00 bits per heavy atom. The lowest BCUT2D eigenvalue weighted by molar-refractivity contribution is -0.0371. The summed E-state index contributed by atoms with van der Waals surface area (Å²) in [7, 11) is 0. The second kappa shape index (κ2) is 11.2. The Morgan fingerprint density at radius 3 is 2.69 bits per heavy atom. The number of carbonyl (C=O) groups is 1. The molecule has 2 atom stereocenters. The summed E-state index contributed by atoms with van der Waals surface area (Å²) in [4.78, 5) is 24.9. The number of carbonyl (C=O) groups excluding carboxylic acids is 1. The first-order chi connectivity index (χ1) is 20.2. The number of benzene rings is 1. The first-order valence-electron chi connectivity index (χ1n) is 14.9. The largest absolute Gasteiger partial charge is 0.444 e. The molecule has 1 amide bonds. The van der Waals surface area contributed by atoms with Gasteiger partial charge in [-0.25, -0.2) is 19.4 Å². The number of hydrogen-bond acceptors (Lipinski definition) is 9. The molecule has 0 radical (unpaired) electrons. The van der Waals surface area contributed by atoms with E-state index in [9.17, 15) is 15.2 Å². The van der Waals surface area contributed by atoms with Crippen LogP contribution in [0.5, 0.6) is 0 Å². The Balaban J connectivity index is 1.30. The van der Waals surface area contributed by atoms with Crippen LogP contribution < -0.4 is 10.2 Å². The minimum atomic E-state index is -0.584. The number of aliphatic hydroxyl groups is 1.